The molecule has 6 rings (SSSR count). The summed E-state index contributed by atoms with van der Waals surface area (Å²) in [6, 6.07) is 18.4. The summed E-state index contributed by atoms with van der Waals surface area (Å²) >= 11 is 6.04. The number of nitrogens with one attached hydrogen (secondary N) is 2. The van der Waals surface area contributed by atoms with Gasteiger partial charge in [0.15, 0.2) is 0 Å². The summed E-state index contributed by atoms with van der Waals surface area (Å²) in [6.45, 7) is 3.83. The molecular formula is C28H24ClN3O4. The molecule has 36 heavy (non-hydrogen) atoms. The summed E-state index contributed by atoms with van der Waals surface area (Å²) in [6.07, 6.45) is -1.16. The Hall–Kier alpha value is -3.52. The van der Waals surface area contributed by atoms with E-state index in [1.807, 2.05) is 38.1 Å². The second-order valence-electron chi connectivity index (χ2n) is 9.83. The minimum atomic E-state index is -1.49. The minimum Gasteiger partial charge on any atom is -0.387 e. The van der Waals surface area contributed by atoms with E-state index < -0.39 is 47.2 Å². The molecule has 0 radical (unpaired) electrons. The zero-order chi connectivity index (χ0) is 25.4. The third kappa shape index (κ3) is 3.10. The van der Waals surface area contributed by atoms with Gasteiger partial charge in [0.05, 0.1) is 29.7 Å². The number of aryl methyl sites for hydroxylation is 2. The van der Waals surface area contributed by atoms with E-state index in [9.17, 15) is 19.5 Å². The number of rotatable bonds is 3. The molecule has 3 amide bonds. The van der Waals surface area contributed by atoms with E-state index in [0.29, 0.717) is 27.5 Å². The first-order valence-corrected chi connectivity index (χ1v) is 12.2. The Morgan fingerprint density at radius 2 is 1.58 bits per heavy atom. The number of aliphatic hydroxyl groups excluding tert-OH is 1. The number of imide groups is 1. The second kappa shape index (κ2) is 8.00. The van der Waals surface area contributed by atoms with Crippen LogP contribution in [0.15, 0.2) is 66.7 Å². The predicted molar refractivity (Wildman–Crippen MR) is 135 cm³/mol. The first kappa shape index (κ1) is 22.9. The number of halogens is 1. The lowest BCUT2D eigenvalue weighted by Gasteiger charge is -2.31. The van der Waals surface area contributed by atoms with Gasteiger partial charge in [-0.25, -0.2) is 4.90 Å². The van der Waals surface area contributed by atoms with Crippen LogP contribution >= 0.6 is 11.6 Å². The molecule has 2 fully saturated rings. The fraction of sp³-hybridized carbons (Fsp3) is 0.250. The molecule has 7 nitrogen and oxygen atoms in total. The van der Waals surface area contributed by atoms with Crippen molar-refractivity contribution in [2.24, 2.45) is 11.8 Å². The van der Waals surface area contributed by atoms with Crippen molar-refractivity contribution in [3.05, 3.63) is 94.0 Å². The van der Waals surface area contributed by atoms with Gasteiger partial charge in [-0.05, 0) is 49.7 Å². The second-order valence-corrected chi connectivity index (χ2v) is 10.3. The number of carbonyl (C=O) groups excluding carboxylic acids is 3. The van der Waals surface area contributed by atoms with Crippen LogP contribution in [0.4, 0.5) is 11.4 Å². The summed E-state index contributed by atoms with van der Waals surface area (Å²) in [5.41, 5.74) is 2.60. The fourth-order valence-corrected chi connectivity index (χ4v) is 6.06. The molecule has 3 N–H and O–H groups in total. The number of aliphatic hydroxyl groups is 1. The quantitative estimate of drug-likeness (QED) is 0.476. The van der Waals surface area contributed by atoms with Crippen molar-refractivity contribution in [3.8, 4) is 0 Å². The highest BCUT2D eigenvalue weighted by Crippen LogP contribution is 2.55. The number of anilines is 2. The van der Waals surface area contributed by atoms with Gasteiger partial charge < -0.3 is 10.4 Å². The van der Waals surface area contributed by atoms with Crippen molar-refractivity contribution in [1.29, 1.82) is 0 Å². The fourth-order valence-electron chi connectivity index (χ4n) is 5.93. The topological polar surface area (TPSA) is 98.7 Å². The first-order valence-electron chi connectivity index (χ1n) is 11.8. The maximum atomic E-state index is 14.0. The van der Waals surface area contributed by atoms with Crippen molar-refractivity contribution in [2.75, 3.05) is 10.2 Å². The van der Waals surface area contributed by atoms with Crippen LogP contribution in [0.25, 0.3) is 0 Å². The van der Waals surface area contributed by atoms with Crippen LogP contribution < -0.4 is 15.5 Å². The molecular weight excluding hydrogens is 478 g/mol. The first-order chi connectivity index (χ1) is 17.2. The molecule has 2 unspecified atom stereocenters. The van der Waals surface area contributed by atoms with E-state index in [4.69, 9.17) is 11.6 Å². The van der Waals surface area contributed by atoms with E-state index in [2.05, 4.69) is 10.6 Å². The molecule has 2 saturated heterocycles. The third-order valence-electron chi connectivity index (χ3n) is 7.65. The Kier molecular flexibility index (Phi) is 5.09. The van der Waals surface area contributed by atoms with Gasteiger partial charge in [0.2, 0.25) is 17.7 Å². The molecule has 182 valence electrons. The SMILES string of the molecule is Cc1ccc(N2C(=O)[C@@H]3C([C@H](O)c4ccc(Cl)cc4)NC4(C(=O)Nc5ccc(C)cc54)[C@@H]3C2=O)cc1. The number of hydrogen-bond donors (Lipinski definition) is 3. The predicted octanol–water partition coefficient (Wildman–Crippen LogP) is 3.62. The van der Waals surface area contributed by atoms with Crippen LogP contribution in [0, 0.1) is 25.7 Å². The van der Waals surface area contributed by atoms with Gasteiger partial charge in [-0.3, -0.25) is 19.7 Å². The summed E-state index contributed by atoms with van der Waals surface area (Å²) in [5.74, 6) is -3.29. The Balaban J connectivity index is 1.52. The molecule has 3 aliphatic heterocycles. The zero-order valence-electron chi connectivity index (χ0n) is 19.7. The molecule has 1 spiro atoms. The lowest BCUT2D eigenvalue weighted by atomic mass is 9.75. The Labute approximate surface area is 213 Å². The average Bonchev–Trinajstić information content (AvgIpc) is 3.45. The maximum Gasteiger partial charge on any atom is 0.250 e. The van der Waals surface area contributed by atoms with Crippen molar-refractivity contribution in [1.82, 2.24) is 5.32 Å². The number of carbonyl (C=O) groups is 3. The van der Waals surface area contributed by atoms with Crippen LogP contribution in [-0.4, -0.2) is 28.9 Å². The van der Waals surface area contributed by atoms with Crippen molar-refractivity contribution in [3.63, 3.8) is 0 Å². The van der Waals surface area contributed by atoms with Crippen LogP contribution in [-0.2, 0) is 19.9 Å². The molecule has 8 heteroatoms. The number of nitrogens with zero attached hydrogens (tertiary/aromatic N) is 1. The lowest BCUT2D eigenvalue weighted by molar-refractivity contribution is -0.130. The van der Waals surface area contributed by atoms with Gasteiger partial charge in [-0.15, -0.1) is 0 Å². The molecule has 3 aromatic rings. The molecule has 0 saturated carbocycles. The standard InChI is InChI=1S/C28H24ClN3O4/c1-14-3-10-18(11-4-14)32-25(34)21-22(26(32)35)28(19-13-15(2)5-12-20(19)30-27(28)36)31-23(21)24(33)16-6-8-17(29)9-7-16/h3-13,21-24,31,33H,1-2H3,(H,30,36)/t21-,22-,23?,24+,28?/m0/s1. The number of fused-ring (bicyclic) bond motifs is 4. The van der Waals surface area contributed by atoms with Crippen molar-refractivity contribution < 1.29 is 19.5 Å². The summed E-state index contributed by atoms with van der Waals surface area (Å²) in [4.78, 5) is 42.7. The van der Waals surface area contributed by atoms with Gasteiger partial charge in [0, 0.05) is 16.3 Å². The van der Waals surface area contributed by atoms with Crippen molar-refractivity contribution in [2.45, 2.75) is 31.5 Å². The Bertz CT molecular complexity index is 1420. The van der Waals surface area contributed by atoms with Gasteiger partial charge >= 0.3 is 0 Å². The van der Waals surface area contributed by atoms with Gasteiger partial charge in [-0.2, -0.15) is 0 Å². The molecule has 3 aliphatic rings. The molecule has 5 atom stereocenters. The van der Waals surface area contributed by atoms with Crippen LogP contribution in [0.2, 0.25) is 5.02 Å². The Morgan fingerprint density at radius 3 is 2.28 bits per heavy atom. The summed E-state index contributed by atoms with van der Waals surface area (Å²) < 4.78 is 0. The van der Waals surface area contributed by atoms with Crippen LogP contribution in [0.5, 0.6) is 0 Å². The highest BCUT2D eigenvalue weighted by atomic mass is 35.5. The smallest absolute Gasteiger partial charge is 0.250 e. The summed E-state index contributed by atoms with van der Waals surface area (Å²) in [7, 11) is 0. The van der Waals surface area contributed by atoms with Crippen LogP contribution in [0.1, 0.15) is 28.4 Å². The van der Waals surface area contributed by atoms with E-state index in [1.165, 1.54) is 4.90 Å². The van der Waals surface area contributed by atoms with Gasteiger partial charge in [0.1, 0.15) is 5.54 Å². The monoisotopic (exact) mass is 501 g/mol. The van der Waals surface area contributed by atoms with Gasteiger partial charge in [-0.1, -0.05) is 59.1 Å². The van der Waals surface area contributed by atoms with E-state index in [0.717, 1.165) is 11.1 Å². The molecule has 3 heterocycles. The maximum absolute atomic E-state index is 14.0. The van der Waals surface area contributed by atoms with Crippen LogP contribution in [0.3, 0.4) is 0 Å². The largest absolute Gasteiger partial charge is 0.387 e. The molecule has 0 bridgehead atoms. The average molecular weight is 502 g/mol. The lowest BCUT2D eigenvalue weighted by Crippen LogP contribution is -2.54. The highest BCUT2D eigenvalue weighted by Gasteiger charge is 2.71. The Morgan fingerprint density at radius 1 is 0.917 bits per heavy atom. The summed E-state index contributed by atoms with van der Waals surface area (Å²) in [5, 5.41) is 18.2. The third-order valence-corrected chi connectivity index (χ3v) is 7.90. The number of amides is 3. The zero-order valence-corrected chi connectivity index (χ0v) is 20.4. The molecule has 0 aliphatic carbocycles. The minimum absolute atomic E-state index is 0.407. The normalized spacial score (nSPS) is 27.4. The number of benzene rings is 3. The van der Waals surface area contributed by atoms with Gasteiger partial charge in [0.25, 0.3) is 0 Å². The van der Waals surface area contributed by atoms with Crippen molar-refractivity contribution >= 4 is 40.7 Å². The highest BCUT2D eigenvalue weighted by molar-refractivity contribution is 6.30. The van der Waals surface area contributed by atoms with E-state index >= 15 is 0 Å². The van der Waals surface area contributed by atoms with E-state index in [-0.39, 0.29) is 0 Å². The molecule has 0 aromatic heterocycles. The molecule has 3 aromatic carbocycles. The number of hydrogen-bond acceptors (Lipinski definition) is 5. The van der Waals surface area contributed by atoms with E-state index in [1.54, 1.807) is 42.5 Å².